The lowest BCUT2D eigenvalue weighted by Crippen LogP contribution is -2.26. The highest BCUT2D eigenvalue weighted by Crippen LogP contribution is 2.45. The standard InChI is InChI=1S/C16H14ClF3N2O/c1-15(11-7-9(17)3-5-12(11)23-2)8-21-14-10(15)4-6-13(22-14)16(18,19)20/h3-7H,8H2,1-2H3,(H,21,22). The predicted molar refractivity (Wildman–Crippen MR) is 82.2 cm³/mol. The quantitative estimate of drug-likeness (QED) is 0.873. The molecule has 1 aliphatic rings. The van der Waals surface area contributed by atoms with E-state index in [1.54, 1.807) is 25.3 Å². The molecule has 0 saturated heterocycles. The van der Waals surface area contributed by atoms with Crippen LogP contribution in [0.25, 0.3) is 0 Å². The predicted octanol–water partition coefficient (Wildman–Crippen LogP) is 4.49. The zero-order valence-electron chi connectivity index (χ0n) is 12.5. The first-order valence-corrected chi connectivity index (χ1v) is 7.30. The summed E-state index contributed by atoms with van der Waals surface area (Å²) in [5.74, 6) is 0.871. The Kier molecular flexibility index (Phi) is 3.67. The minimum atomic E-state index is -4.47. The largest absolute Gasteiger partial charge is 0.496 e. The van der Waals surface area contributed by atoms with Crippen LogP contribution in [0.15, 0.2) is 30.3 Å². The molecule has 23 heavy (non-hydrogen) atoms. The average Bonchev–Trinajstić information content (AvgIpc) is 2.84. The average molecular weight is 343 g/mol. The van der Waals surface area contributed by atoms with E-state index in [-0.39, 0.29) is 5.82 Å². The highest BCUT2D eigenvalue weighted by Gasteiger charge is 2.41. The second kappa shape index (κ2) is 5.30. The van der Waals surface area contributed by atoms with Crippen molar-refractivity contribution in [2.24, 2.45) is 0 Å². The van der Waals surface area contributed by atoms with E-state index in [1.165, 1.54) is 6.07 Å². The number of benzene rings is 1. The lowest BCUT2D eigenvalue weighted by Gasteiger charge is -2.27. The van der Waals surface area contributed by atoms with Crippen LogP contribution in [0.2, 0.25) is 5.02 Å². The Morgan fingerprint density at radius 1 is 1.22 bits per heavy atom. The Labute approximate surface area is 136 Å². The van der Waals surface area contributed by atoms with E-state index in [9.17, 15) is 13.2 Å². The van der Waals surface area contributed by atoms with Crippen molar-refractivity contribution in [1.29, 1.82) is 0 Å². The zero-order valence-corrected chi connectivity index (χ0v) is 13.2. The molecule has 1 aromatic heterocycles. The van der Waals surface area contributed by atoms with E-state index >= 15 is 0 Å². The Morgan fingerprint density at radius 3 is 2.61 bits per heavy atom. The number of aromatic nitrogens is 1. The normalized spacial score (nSPS) is 20.1. The number of hydrogen-bond acceptors (Lipinski definition) is 3. The molecule has 0 radical (unpaired) electrons. The van der Waals surface area contributed by atoms with Gasteiger partial charge in [0.1, 0.15) is 17.3 Å². The first-order chi connectivity index (χ1) is 10.8. The molecule has 1 atom stereocenters. The fraction of sp³-hybridized carbons (Fsp3) is 0.312. The maximum atomic E-state index is 12.8. The fourth-order valence-corrected chi connectivity index (χ4v) is 3.08. The van der Waals surface area contributed by atoms with Crippen LogP contribution in [0, 0.1) is 0 Å². The number of anilines is 1. The van der Waals surface area contributed by atoms with Gasteiger partial charge in [-0.1, -0.05) is 17.7 Å². The molecule has 1 N–H and O–H groups in total. The first kappa shape index (κ1) is 15.9. The van der Waals surface area contributed by atoms with Crippen LogP contribution in [0.1, 0.15) is 23.7 Å². The number of hydrogen-bond donors (Lipinski definition) is 1. The van der Waals surface area contributed by atoms with Gasteiger partial charge in [-0.2, -0.15) is 13.2 Å². The van der Waals surface area contributed by atoms with Gasteiger partial charge in [-0.25, -0.2) is 4.98 Å². The third kappa shape index (κ3) is 2.61. The molecule has 7 heteroatoms. The molecule has 0 bridgehead atoms. The number of rotatable bonds is 2. The van der Waals surface area contributed by atoms with Gasteiger partial charge in [0, 0.05) is 28.1 Å². The number of pyridine rings is 1. The van der Waals surface area contributed by atoms with Crippen molar-refractivity contribution in [2.45, 2.75) is 18.5 Å². The van der Waals surface area contributed by atoms with Gasteiger partial charge >= 0.3 is 6.18 Å². The van der Waals surface area contributed by atoms with E-state index in [2.05, 4.69) is 10.3 Å². The summed E-state index contributed by atoms with van der Waals surface area (Å²) >= 11 is 6.09. The smallest absolute Gasteiger partial charge is 0.433 e. The summed E-state index contributed by atoms with van der Waals surface area (Å²) in [4.78, 5) is 3.71. The monoisotopic (exact) mass is 342 g/mol. The molecule has 2 aromatic rings. The molecule has 1 aliphatic heterocycles. The molecule has 0 aliphatic carbocycles. The number of halogens is 4. The minimum Gasteiger partial charge on any atom is -0.496 e. The summed E-state index contributed by atoms with van der Waals surface area (Å²) in [6.07, 6.45) is -4.47. The van der Waals surface area contributed by atoms with Gasteiger partial charge in [-0.05, 0) is 31.2 Å². The third-order valence-corrected chi connectivity index (χ3v) is 4.38. The molecule has 0 amide bonds. The number of nitrogens with one attached hydrogen (secondary N) is 1. The molecular formula is C16H14ClF3N2O. The maximum absolute atomic E-state index is 12.8. The molecule has 3 rings (SSSR count). The number of nitrogens with zero attached hydrogens (tertiary/aromatic N) is 1. The lowest BCUT2D eigenvalue weighted by molar-refractivity contribution is -0.141. The van der Waals surface area contributed by atoms with Gasteiger partial charge < -0.3 is 10.1 Å². The maximum Gasteiger partial charge on any atom is 0.433 e. The number of ether oxygens (including phenoxy) is 1. The topological polar surface area (TPSA) is 34.1 Å². The molecule has 2 heterocycles. The van der Waals surface area contributed by atoms with Crippen molar-refractivity contribution < 1.29 is 17.9 Å². The fourth-order valence-electron chi connectivity index (χ4n) is 2.90. The summed E-state index contributed by atoms with van der Waals surface area (Å²) in [6.45, 7) is 2.34. The molecule has 3 nitrogen and oxygen atoms in total. The van der Waals surface area contributed by atoms with Crippen molar-refractivity contribution in [3.05, 3.63) is 52.2 Å². The summed E-state index contributed by atoms with van der Waals surface area (Å²) in [5.41, 5.74) is 0.000308. The first-order valence-electron chi connectivity index (χ1n) is 6.92. The molecule has 0 fully saturated rings. The van der Waals surface area contributed by atoms with Crippen LogP contribution >= 0.6 is 11.6 Å². The molecular weight excluding hydrogens is 329 g/mol. The number of fused-ring (bicyclic) bond motifs is 1. The van der Waals surface area contributed by atoms with Crippen molar-refractivity contribution in [1.82, 2.24) is 4.98 Å². The van der Waals surface area contributed by atoms with E-state index < -0.39 is 17.3 Å². The van der Waals surface area contributed by atoms with Gasteiger partial charge in [-0.15, -0.1) is 0 Å². The molecule has 1 aromatic carbocycles. The SMILES string of the molecule is COc1ccc(Cl)cc1C1(C)CNc2nc(C(F)(F)F)ccc21. The van der Waals surface area contributed by atoms with Gasteiger partial charge in [-0.3, -0.25) is 0 Å². The Morgan fingerprint density at radius 2 is 1.96 bits per heavy atom. The van der Waals surface area contributed by atoms with Crippen LogP contribution in [0.4, 0.5) is 19.0 Å². The second-order valence-corrected chi connectivity index (χ2v) is 6.06. The molecule has 1 unspecified atom stereocenters. The Bertz CT molecular complexity index is 763. The van der Waals surface area contributed by atoms with E-state index in [0.29, 0.717) is 22.9 Å². The van der Waals surface area contributed by atoms with Crippen molar-refractivity contribution >= 4 is 17.4 Å². The van der Waals surface area contributed by atoms with Crippen LogP contribution in [-0.2, 0) is 11.6 Å². The number of alkyl halides is 3. The van der Waals surface area contributed by atoms with Gasteiger partial charge in [0.15, 0.2) is 0 Å². The van der Waals surface area contributed by atoms with Crippen LogP contribution < -0.4 is 10.1 Å². The molecule has 122 valence electrons. The summed E-state index contributed by atoms with van der Waals surface area (Å²) < 4.78 is 43.8. The second-order valence-electron chi connectivity index (χ2n) is 5.62. The highest BCUT2D eigenvalue weighted by molar-refractivity contribution is 6.30. The third-order valence-electron chi connectivity index (χ3n) is 4.15. The summed E-state index contributed by atoms with van der Waals surface area (Å²) in [6, 6.07) is 7.70. The van der Waals surface area contributed by atoms with Crippen molar-refractivity contribution in [3.63, 3.8) is 0 Å². The Balaban J connectivity index is 2.13. The number of methoxy groups -OCH3 is 1. The van der Waals surface area contributed by atoms with Crippen molar-refractivity contribution in [2.75, 3.05) is 19.0 Å². The van der Waals surface area contributed by atoms with Crippen LogP contribution in [-0.4, -0.2) is 18.6 Å². The zero-order chi connectivity index (χ0) is 16.8. The Hall–Kier alpha value is -1.95. The van der Waals surface area contributed by atoms with Crippen LogP contribution in [0.5, 0.6) is 5.75 Å². The summed E-state index contributed by atoms with van der Waals surface area (Å²) in [5, 5.41) is 3.50. The minimum absolute atomic E-state index is 0.240. The van der Waals surface area contributed by atoms with Gasteiger partial charge in [0.2, 0.25) is 0 Å². The van der Waals surface area contributed by atoms with Gasteiger partial charge in [0.05, 0.1) is 7.11 Å². The van der Waals surface area contributed by atoms with E-state index in [1.807, 2.05) is 6.92 Å². The summed E-state index contributed by atoms with van der Waals surface area (Å²) in [7, 11) is 1.55. The highest BCUT2D eigenvalue weighted by atomic mass is 35.5. The molecule has 0 spiro atoms. The van der Waals surface area contributed by atoms with Crippen molar-refractivity contribution in [3.8, 4) is 5.75 Å². The van der Waals surface area contributed by atoms with E-state index in [0.717, 1.165) is 11.6 Å². The van der Waals surface area contributed by atoms with Gasteiger partial charge in [0.25, 0.3) is 0 Å². The van der Waals surface area contributed by atoms with Crippen LogP contribution in [0.3, 0.4) is 0 Å². The van der Waals surface area contributed by atoms with E-state index in [4.69, 9.17) is 16.3 Å². The lowest BCUT2D eigenvalue weighted by atomic mass is 9.78. The molecule has 0 saturated carbocycles.